The molecule has 208 valence electrons. The Balaban J connectivity index is 1.55. The zero-order chi connectivity index (χ0) is 29.3. The van der Waals surface area contributed by atoms with Gasteiger partial charge in [0, 0.05) is 0 Å². The maximum atomic E-state index is 2.47. The van der Waals surface area contributed by atoms with Crippen LogP contribution in [0, 0.1) is 0 Å². The van der Waals surface area contributed by atoms with Gasteiger partial charge in [-0.2, -0.15) is 0 Å². The lowest BCUT2D eigenvalue weighted by molar-refractivity contribution is 0.944. The molecule has 7 aromatic carbocycles. The van der Waals surface area contributed by atoms with Gasteiger partial charge in [0.1, 0.15) is 0 Å². The molecule has 0 aromatic heterocycles. The standard InChI is InChI=1S/C44H32/c1-5-16-31(17-6-1)40-30-41(38-27-15-26-37-36-25-14-13-18-32(36)28-29-39(37)38)43(34-21-9-3-10-22-34)44(35-23-11-4-12-24-35)42(40)33-19-7-2-8-20-33/h1-27,30H,28-29H2. The number of hydrogen-bond acceptors (Lipinski definition) is 0. The van der Waals surface area contributed by atoms with E-state index in [9.17, 15) is 0 Å². The van der Waals surface area contributed by atoms with Gasteiger partial charge < -0.3 is 0 Å². The molecule has 1 aliphatic carbocycles. The van der Waals surface area contributed by atoms with Crippen LogP contribution in [0.2, 0.25) is 0 Å². The molecule has 0 atom stereocenters. The van der Waals surface area contributed by atoms with Crippen LogP contribution in [0.3, 0.4) is 0 Å². The summed E-state index contributed by atoms with van der Waals surface area (Å²) < 4.78 is 0. The second kappa shape index (κ2) is 11.3. The van der Waals surface area contributed by atoms with E-state index in [0.29, 0.717) is 0 Å². The lowest BCUT2D eigenvalue weighted by Crippen LogP contribution is -2.06. The molecule has 1 aliphatic rings. The SMILES string of the molecule is c1ccc(-c2cc(-c3cccc4c3CCc3ccccc3-4)c(-c3ccccc3)c(-c3ccccc3)c2-c2ccccc2)cc1. The first-order valence-corrected chi connectivity index (χ1v) is 15.5. The minimum Gasteiger partial charge on any atom is -0.0622 e. The van der Waals surface area contributed by atoms with E-state index < -0.39 is 0 Å². The second-order valence-electron chi connectivity index (χ2n) is 11.5. The third kappa shape index (κ3) is 4.57. The van der Waals surface area contributed by atoms with E-state index in [4.69, 9.17) is 0 Å². The van der Waals surface area contributed by atoms with Crippen LogP contribution in [-0.2, 0) is 12.8 Å². The molecule has 44 heavy (non-hydrogen) atoms. The Hall–Kier alpha value is -5.46. The molecule has 0 radical (unpaired) electrons. The first-order valence-electron chi connectivity index (χ1n) is 15.5. The third-order valence-electron chi connectivity index (χ3n) is 9.02. The van der Waals surface area contributed by atoms with Crippen LogP contribution in [-0.4, -0.2) is 0 Å². The van der Waals surface area contributed by atoms with Crippen LogP contribution >= 0.6 is 0 Å². The van der Waals surface area contributed by atoms with E-state index in [-0.39, 0.29) is 0 Å². The summed E-state index contributed by atoms with van der Waals surface area (Å²) in [7, 11) is 0. The average Bonchev–Trinajstić information content (AvgIpc) is 3.12. The van der Waals surface area contributed by atoms with Crippen LogP contribution in [0.4, 0.5) is 0 Å². The van der Waals surface area contributed by atoms with E-state index >= 15 is 0 Å². The smallest absolute Gasteiger partial charge is 0.00143 e. The highest BCUT2D eigenvalue weighted by Crippen LogP contribution is 2.51. The molecule has 0 amide bonds. The highest BCUT2D eigenvalue weighted by Gasteiger charge is 2.26. The predicted molar refractivity (Wildman–Crippen MR) is 186 cm³/mol. The minimum absolute atomic E-state index is 1.03. The van der Waals surface area contributed by atoms with Gasteiger partial charge >= 0.3 is 0 Å². The molecule has 0 heterocycles. The predicted octanol–water partition coefficient (Wildman–Crippen LogP) is 11.8. The zero-order valence-corrected chi connectivity index (χ0v) is 24.6. The molecular weight excluding hydrogens is 528 g/mol. The van der Waals surface area contributed by atoms with E-state index in [1.165, 1.54) is 77.9 Å². The first kappa shape index (κ1) is 26.2. The van der Waals surface area contributed by atoms with E-state index in [1.807, 2.05) is 0 Å². The molecule has 0 fully saturated rings. The quantitative estimate of drug-likeness (QED) is 0.196. The van der Waals surface area contributed by atoms with E-state index in [2.05, 4.69) is 170 Å². The summed E-state index contributed by atoms with van der Waals surface area (Å²) in [5, 5.41) is 0. The Bertz CT molecular complexity index is 2070. The normalized spacial score (nSPS) is 11.9. The lowest BCUT2D eigenvalue weighted by atomic mass is 9.76. The number of fused-ring (bicyclic) bond motifs is 3. The number of benzene rings is 7. The van der Waals surface area contributed by atoms with Crippen LogP contribution in [0.15, 0.2) is 170 Å². The number of hydrogen-bond donors (Lipinski definition) is 0. The number of rotatable bonds is 5. The maximum absolute atomic E-state index is 2.47. The Morgan fingerprint density at radius 3 is 1.30 bits per heavy atom. The average molecular weight is 561 g/mol. The molecule has 0 saturated carbocycles. The van der Waals surface area contributed by atoms with Crippen LogP contribution < -0.4 is 0 Å². The van der Waals surface area contributed by atoms with Crippen molar-refractivity contribution >= 4 is 0 Å². The van der Waals surface area contributed by atoms with E-state index in [0.717, 1.165) is 12.8 Å². The fourth-order valence-corrected chi connectivity index (χ4v) is 7.07. The van der Waals surface area contributed by atoms with Crippen molar-refractivity contribution in [3.8, 4) is 66.8 Å². The summed E-state index contributed by atoms with van der Waals surface area (Å²) in [6, 6.07) is 62.1. The largest absolute Gasteiger partial charge is 0.0622 e. The van der Waals surface area contributed by atoms with Gasteiger partial charge in [0.25, 0.3) is 0 Å². The van der Waals surface area contributed by atoms with Crippen molar-refractivity contribution < 1.29 is 0 Å². The molecule has 0 heteroatoms. The van der Waals surface area contributed by atoms with Crippen molar-refractivity contribution in [1.82, 2.24) is 0 Å². The summed E-state index contributed by atoms with van der Waals surface area (Å²) in [4.78, 5) is 0. The molecule has 0 spiro atoms. The maximum Gasteiger partial charge on any atom is -0.00143 e. The van der Waals surface area contributed by atoms with Gasteiger partial charge in [0.05, 0.1) is 0 Å². The highest BCUT2D eigenvalue weighted by molar-refractivity contribution is 6.08. The summed E-state index contributed by atoms with van der Waals surface area (Å²) in [5.41, 5.74) is 18.2. The van der Waals surface area contributed by atoms with Crippen molar-refractivity contribution in [3.05, 3.63) is 181 Å². The fourth-order valence-electron chi connectivity index (χ4n) is 7.07. The van der Waals surface area contributed by atoms with Crippen LogP contribution in [0.1, 0.15) is 11.1 Å². The van der Waals surface area contributed by atoms with Gasteiger partial charge in [0.2, 0.25) is 0 Å². The molecule has 8 rings (SSSR count). The van der Waals surface area contributed by atoms with Crippen LogP contribution in [0.25, 0.3) is 66.8 Å². The topological polar surface area (TPSA) is 0 Å². The molecule has 0 nitrogen and oxygen atoms in total. The third-order valence-corrected chi connectivity index (χ3v) is 9.02. The first-order chi connectivity index (χ1) is 21.9. The minimum atomic E-state index is 1.03. The van der Waals surface area contributed by atoms with Gasteiger partial charge in [0.15, 0.2) is 0 Å². The van der Waals surface area contributed by atoms with Gasteiger partial charge in [-0.3, -0.25) is 0 Å². The Morgan fingerprint density at radius 2 is 0.705 bits per heavy atom. The summed E-state index contributed by atoms with van der Waals surface area (Å²) >= 11 is 0. The lowest BCUT2D eigenvalue weighted by Gasteiger charge is -2.27. The molecule has 0 unspecified atom stereocenters. The summed E-state index contributed by atoms with van der Waals surface area (Å²) in [5.74, 6) is 0. The number of aryl methyl sites for hydroxylation is 1. The summed E-state index contributed by atoms with van der Waals surface area (Å²) in [6.07, 6.45) is 2.08. The van der Waals surface area contributed by atoms with E-state index in [1.54, 1.807) is 0 Å². The Labute approximate surface area is 259 Å². The van der Waals surface area contributed by atoms with Gasteiger partial charge in [-0.1, -0.05) is 164 Å². The molecule has 7 aromatic rings. The Kier molecular flexibility index (Phi) is 6.74. The van der Waals surface area contributed by atoms with Gasteiger partial charge in [-0.15, -0.1) is 0 Å². The molecule has 0 N–H and O–H groups in total. The zero-order valence-electron chi connectivity index (χ0n) is 24.6. The molecular formula is C44H32. The van der Waals surface area contributed by atoms with Crippen molar-refractivity contribution in [1.29, 1.82) is 0 Å². The van der Waals surface area contributed by atoms with Crippen molar-refractivity contribution in [3.63, 3.8) is 0 Å². The molecule has 0 saturated heterocycles. The van der Waals surface area contributed by atoms with Gasteiger partial charge in [-0.25, -0.2) is 0 Å². The molecule has 0 aliphatic heterocycles. The van der Waals surface area contributed by atoms with Crippen LogP contribution in [0.5, 0.6) is 0 Å². The monoisotopic (exact) mass is 560 g/mol. The van der Waals surface area contributed by atoms with Crippen molar-refractivity contribution in [2.24, 2.45) is 0 Å². The highest BCUT2D eigenvalue weighted by atomic mass is 14.3. The molecule has 0 bridgehead atoms. The van der Waals surface area contributed by atoms with Crippen molar-refractivity contribution in [2.75, 3.05) is 0 Å². The fraction of sp³-hybridized carbons (Fsp3) is 0.0455. The van der Waals surface area contributed by atoms with Gasteiger partial charge in [-0.05, 0) is 96.8 Å². The summed E-state index contributed by atoms with van der Waals surface area (Å²) in [6.45, 7) is 0. The van der Waals surface area contributed by atoms with Crippen molar-refractivity contribution in [2.45, 2.75) is 12.8 Å². The Morgan fingerprint density at radius 1 is 0.273 bits per heavy atom. The second-order valence-corrected chi connectivity index (χ2v) is 11.5.